The van der Waals surface area contributed by atoms with Crippen molar-refractivity contribution in [2.75, 3.05) is 11.4 Å². The minimum Gasteiger partial charge on any atom is -0.309 e. The minimum atomic E-state index is -0.315. The molecule has 2 rings (SSSR count). The second kappa shape index (κ2) is 5.89. The van der Waals surface area contributed by atoms with Crippen molar-refractivity contribution in [2.24, 2.45) is 0 Å². The van der Waals surface area contributed by atoms with Crippen molar-refractivity contribution in [1.82, 2.24) is 0 Å². The van der Waals surface area contributed by atoms with Crippen LogP contribution in [-0.2, 0) is 0 Å². The smallest absolute Gasteiger partial charge is 0.258 e. The lowest BCUT2D eigenvalue weighted by atomic mass is 10.2. The zero-order valence-electron chi connectivity index (χ0n) is 10.5. The average Bonchev–Trinajstić information content (AvgIpc) is 2.41. The lowest BCUT2D eigenvalue weighted by Crippen LogP contribution is -2.30. The number of nitrogens with zero attached hydrogens (tertiary/aromatic N) is 1. The van der Waals surface area contributed by atoms with E-state index in [1.165, 1.54) is 12.1 Å². The van der Waals surface area contributed by atoms with E-state index >= 15 is 0 Å². The Bertz CT molecular complexity index is 583. The minimum absolute atomic E-state index is 0.120. The van der Waals surface area contributed by atoms with Crippen LogP contribution in [0, 0.1) is 5.82 Å². The third kappa shape index (κ3) is 3.15. The van der Waals surface area contributed by atoms with E-state index in [0.717, 1.165) is 4.90 Å². The van der Waals surface area contributed by atoms with Crippen LogP contribution in [0.1, 0.15) is 17.3 Å². The van der Waals surface area contributed by atoms with Crippen molar-refractivity contribution in [2.45, 2.75) is 11.8 Å². The first-order valence-corrected chi connectivity index (χ1v) is 6.43. The maximum absolute atomic E-state index is 12.9. The molecule has 0 radical (unpaired) electrons. The van der Waals surface area contributed by atoms with Crippen molar-refractivity contribution in [3.8, 4) is 0 Å². The Balaban J connectivity index is 2.31. The molecular weight excluding hydrogens is 261 g/mol. The molecule has 0 N–H and O–H groups in total. The maximum Gasteiger partial charge on any atom is 0.258 e. The summed E-state index contributed by atoms with van der Waals surface area (Å²) < 4.78 is 12.9. The van der Waals surface area contributed by atoms with Crippen LogP contribution in [0.4, 0.5) is 10.1 Å². The van der Waals surface area contributed by atoms with Crippen LogP contribution in [-0.4, -0.2) is 12.5 Å². The molecule has 0 aromatic heterocycles. The molecule has 0 aliphatic heterocycles. The first-order valence-electron chi connectivity index (χ1n) is 5.98. The van der Waals surface area contributed by atoms with Gasteiger partial charge in [0.05, 0.1) is 0 Å². The van der Waals surface area contributed by atoms with Gasteiger partial charge >= 0.3 is 0 Å². The van der Waals surface area contributed by atoms with E-state index in [1.807, 2.05) is 13.0 Å². The molecule has 0 heterocycles. The highest BCUT2D eigenvalue weighted by Crippen LogP contribution is 2.19. The predicted molar refractivity (Wildman–Crippen MR) is 77.4 cm³/mol. The number of benzene rings is 2. The highest BCUT2D eigenvalue weighted by atomic mass is 32.1. The van der Waals surface area contributed by atoms with Gasteiger partial charge in [0.15, 0.2) is 0 Å². The summed E-state index contributed by atoms with van der Waals surface area (Å²) >= 11 is 4.23. The van der Waals surface area contributed by atoms with Gasteiger partial charge in [-0.15, -0.1) is 12.6 Å². The van der Waals surface area contributed by atoms with Gasteiger partial charge in [-0.3, -0.25) is 4.79 Å². The summed E-state index contributed by atoms with van der Waals surface area (Å²) in [7, 11) is 0. The molecular formula is C15H14FNOS. The fourth-order valence-corrected chi connectivity index (χ4v) is 2.08. The molecule has 0 aliphatic rings. The maximum atomic E-state index is 12.9. The second-order valence-corrected chi connectivity index (χ2v) is 4.59. The standard InChI is InChI=1S/C15H14FNOS/c1-2-17(13-8-6-12(16)7-9-13)15(18)11-4-3-5-14(19)10-11/h3-10,19H,2H2,1H3. The van der Waals surface area contributed by atoms with Crippen LogP contribution in [0.15, 0.2) is 53.4 Å². The molecule has 2 aromatic carbocycles. The molecule has 98 valence electrons. The molecule has 0 saturated heterocycles. The Kier molecular flexibility index (Phi) is 4.22. The summed E-state index contributed by atoms with van der Waals surface area (Å²) in [6, 6.07) is 13.0. The summed E-state index contributed by atoms with van der Waals surface area (Å²) in [6.07, 6.45) is 0. The molecule has 2 aromatic rings. The van der Waals surface area contributed by atoms with Crippen LogP contribution in [0.25, 0.3) is 0 Å². The number of carbonyl (C=O) groups is 1. The Hall–Kier alpha value is -1.81. The molecule has 2 nitrogen and oxygen atoms in total. The van der Waals surface area contributed by atoms with Gasteiger partial charge in [-0.1, -0.05) is 6.07 Å². The van der Waals surface area contributed by atoms with Gasteiger partial charge in [-0.2, -0.15) is 0 Å². The summed E-state index contributed by atoms with van der Waals surface area (Å²) in [5, 5.41) is 0. The number of thiol groups is 1. The van der Waals surface area contributed by atoms with Gasteiger partial charge in [0.2, 0.25) is 0 Å². The molecule has 0 bridgehead atoms. The van der Waals surface area contributed by atoms with E-state index in [2.05, 4.69) is 12.6 Å². The summed E-state index contributed by atoms with van der Waals surface area (Å²) in [4.78, 5) is 14.7. The normalized spacial score (nSPS) is 10.3. The highest BCUT2D eigenvalue weighted by molar-refractivity contribution is 7.80. The molecule has 0 spiro atoms. The van der Waals surface area contributed by atoms with Gasteiger partial charge in [-0.05, 0) is 49.4 Å². The molecule has 0 unspecified atom stereocenters. The average molecular weight is 275 g/mol. The Morgan fingerprint density at radius 2 is 1.89 bits per heavy atom. The summed E-state index contributed by atoms with van der Waals surface area (Å²) in [5.74, 6) is -0.436. The number of amides is 1. The molecule has 1 amide bonds. The van der Waals surface area contributed by atoms with Gasteiger partial charge in [0, 0.05) is 22.7 Å². The van der Waals surface area contributed by atoms with E-state index in [1.54, 1.807) is 35.2 Å². The largest absolute Gasteiger partial charge is 0.309 e. The number of hydrogen-bond acceptors (Lipinski definition) is 2. The fraction of sp³-hybridized carbons (Fsp3) is 0.133. The Morgan fingerprint density at radius 3 is 2.47 bits per heavy atom. The van der Waals surface area contributed by atoms with E-state index in [9.17, 15) is 9.18 Å². The van der Waals surface area contributed by atoms with Gasteiger partial charge < -0.3 is 4.90 Å². The third-order valence-electron chi connectivity index (χ3n) is 2.79. The quantitative estimate of drug-likeness (QED) is 0.845. The summed E-state index contributed by atoms with van der Waals surface area (Å²) in [6.45, 7) is 2.40. The second-order valence-electron chi connectivity index (χ2n) is 4.08. The van der Waals surface area contributed by atoms with Crippen LogP contribution in [0.5, 0.6) is 0 Å². The third-order valence-corrected chi connectivity index (χ3v) is 3.07. The zero-order chi connectivity index (χ0) is 13.8. The van der Waals surface area contributed by atoms with E-state index in [4.69, 9.17) is 0 Å². The van der Waals surface area contributed by atoms with Gasteiger partial charge in [-0.25, -0.2) is 4.39 Å². The summed E-state index contributed by atoms with van der Waals surface area (Å²) in [5.41, 5.74) is 1.25. The number of halogens is 1. The van der Waals surface area contributed by atoms with Crippen molar-refractivity contribution in [3.63, 3.8) is 0 Å². The number of hydrogen-bond donors (Lipinski definition) is 1. The first-order chi connectivity index (χ1) is 9.11. The first kappa shape index (κ1) is 13.6. The molecule has 4 heteroatoms. The lowest BCUT2D eigenvalue weighted by Gasteiger charge is -2.21. The predicted octanol–water partition coefficient (Wildman–Crippen LogP) is 3.78. The number of anilines is 1. The zero-order valence-corrected chi connectivity index (χ0v) is 11.4. The molecule has 0 fully saturated rings. The van der Waals surface area contributed by atoms with Crippen molar-refractivity contribution in [1.29, 1.82) is 0 Å². The van der Waals surface area contributed by atoms with Crippen LogP contribution >= 0.6 is 12.6 Å². The van der Waals surface area contributed by atoms with Crippen molar-refractivity contribution >= 4 is 24.2 Å². The SMILES string of the molecule is CCN(C(=O)c1cccc(S)c1)c1ccc(F)cc1. The van der Waals surface area contributed by atoms with E-state index in [0.29, 0.717) is 17.8 Å². The van der Waals surface area contributed by atoms with Crippen LogP contribution in [0.3, 0.4) is 0 Å². The number of carbonyl (C=O) groups excluding carboxylic acids is 1. The van der Waals surface area contributed by atoms with Gasteiger partial charge in [0.1, 0.15) is 5.82 Å². The lowest BCUT2D eigenvalue weighted by molar-refractivity contribution is 0.0988. The van der Waals surface area contributed by atoms with Crippen molar-refractivity contribution in [3.05, 3.63) is 59.9 Å². The molecule has 0 saturated carbocycles. The monoisotopic (exact) mass is 275 g/mol. The fourth-order valence-electron chi connectivity index (χ4n) is 1.86. The van der Waals surface area contributed by atoms with Crippen LogP contribution in [0.2, 0.25) is 0 Å². The van der Waals surface area contributed by atoms with Crippen LogP contribution < -0.4 is 4.90 Å². The Morgan fingerprint density at radius 1 is 1.21 bits per heavy atom. The van der Waals surface area contributed by atoms with E-state index < -0.39 is 0 Å². The Labute approximate surface area is 117 Å². The topological polar surface area (TPSA) is 20.3 Å². The molecule has 0 atom stereocenters. The van der Waals surface area contributed by atoms with Gasteiger partial charge in [0.25, 0.3) is 5.91 Å². The molecule has 19 heavy (non-hydrogen) atoms. The van der Waals surface area contributed by atoms with Crippen molar-refractivity contribution < 1.29 is 9.18 Å². The highest BCUT2D eigenvalue weighted by Gasteiger charge is 2.16. The molecule has 0 aliphatic carbocycles. The number of rotatable bonds is 3. The van der Waals surface area contributed by atoms with E-state index in [-0.39, 0.29) is 11.7 Å².